The average Bonchev–Trinajstić information content (AvgIpc) is 2.02. The molecule has 0 rings (SSSR count). The summed E-state index contributed by atoms with van der Waals surface area (Å²) in [6.07, 6.45) is 3.26. The van der Waals surface area contributed by atoms with E-state index in [0.717, 1.165) is 31.0 Å². The molecule has 3 nitrogen and oxygen atoms in total. The monoisotopic (exact) mass is 217 g/mol. The first-order valence-corrected chi connectivity index (χ1v) is 5.67. The fourth-order valence-corrected chi connectivity index (χ4v) is 1.14. The number of thiocarbonyl (C=S) groups is 1. The Bertz CT molecular complexity index is 163. The standard InChI is InChI=1S/C10H23N3S/c1-4-5-7-12-9(14)13-8-6-10(2,3)11/h4-8,11H2,1-3H3,(H2,12,13,14). The van der Waals surface area contributed by atoms with Crippen LogP contribution in [0.2, 0.25) is 0 Å². The van der Waals surface area contributed by atoms with Crippen molar-refractivity contribution in [2.45, 2.75) is 45.6 Å². The second-order valence-corrected chi connectivity index (χ2v) is 4.68. The lowest BCUT2D eigenvalue weighted by Gasteiger charge is -2.19. The van der Waals surface area contributed by atoms with Crippen LogP contribution in [0.5, 0.6) is 0 Å². The summed E-state index contributed by atoms with van der Waals surface area (Å²) in [6.45, 7) is 7.98. The highest BCUT2D eigenvalue weighted by Gasteiger charge is 2.09. The van der Waals surface area contributed by atoms with E-state index in [1.165, 1.54) is 6.42 Å². The van der Waals surface area contributed by atoms with Gasteiger partial charge in [-0.2, -0.15) is 0 Å². The summed E-state index contributed by atoms with van der Waals surface area (Å²) in [5.41, 5.74) is 5.72. The van der Waals surface area contributed by atoms with Crippen molar-refractivity contribution in [2.24, 2.45) is 5.73 Å². The molecule has 0 aliphatic heterocycles. The molecule has 0 heterocycles. The molecule has 4 heteroatoms. The first-order chi connectivity index (χ1) is 6.45. The lowest BCUT2D eigenvalue weighted by atomic mass is 10.0. The number of hydrogen-bond donors (Lipinski definition) is 3. The van der Waals surface area contributed by atoms with Crippen LogP contribution >= 0.6 is 12.2 Å². The van der Waals surface area contributed by atoms with E-state index in [1.807, 2.05) is 13.8 Å². The van der Waals surface area contributed by atoms with E-state index < -0.39 is 0 Å². The number of rotatable bonds is 6. The van der Waals surface area contributed by atoms with Crippen LogP contribution in [0.3, 0.4) is 0 Å². The Labute approximate surface area is 92.8 Å². The van der Waals surface area contributed by atoms with Gasteiger partial charge in [0, 0.05) is 18.6 Å². The van der Waals surface area contributed by atoms with Crippen molar-refractivity contribution in [1.29, 1.82) is 0 Å². The number of nitrogens with one attached hydrogen (secondary N) is 2. The lowest BCUT2D eigenvalue weighted by molar-refractivity contribution is 0.473. The predicted molar refractivity (Wildman–Crippen MR) is 66.4 cm³/mol. The molecule has 0 amide bonds. The van der Waals surface area contributed by atoms with Crippen molar-refractivity contribution in [2.75, 3.05) is 13.1 Å². The summed E-state index contributed by atoms with van der Waals surface area (Å²) in [4.78, 5) is 0. The summed E-state index contributed by atoms with van der Waals surface area (Å²) in [5, 5.41) is 7.03. The Morgan fingerprint density at radius 2 is 1.86 bits per heavy atom. The van der Waals surface area contributed by atoms with Gasteiger partial charge < -0.3 is 16.4 Å². The van der Waals surface area contributed by atoms with E-state index in [1.54, 1.807) is 0 Å². The summed E-state index contributed by atoms with van der Waals surface area (Å²) in [5.74, 6) is 0. The van der Waals surface area contributed by atoms with Crippen LogP contribution in [0.25, 0.3) is 0 Å². The summed E-state index contributed by atoms with van der Waals surface area (Å²) in [6, 6.07) is 0. The van der Waals surface area contributed by atoms with Gasteiger partial charge in [0.15, 0.2) is 5.11 Å². The van der Waals surface area contributed by atoms with Gasteiger partial charge in [-0.05, 0) is 38.9 Å². The highest BCUT2D eigenvalue weighted by atomic mass is 32.1. The zero-order valence-corrected chi connectivity index (χ0v) is 10.3. The van der Waals surface area contributed by atoms with Crippen LogP contribution < -0.4 is 16.4 Å². The van der Waals surface area contributed by atoms with Gasteiger partial charge in [-0.25, -0.2) is 0 Å². The maximum atomic E-state index is 5.84. The highest BCUT2D eigenvalue weighted by Crippen LogP contribution is 2.00. The van der Waals surface area contributed by atoms with E-state index in [-0.39, 0.29) is 5.54 Å². The van der Waals surface area contributed by atoms with Crippen molar-refractivity contribution in [3.8, 4) is 0 Å². The molecule has 14 heavy (non-hydrogen) atoms. The molecular weight excluding hydrogens is 194 g/mol. The molecule has 0 aromatic heterocycles. The van der Waals surface area contributed by atoms with Gasteiger partial charge in [0.25, 0.3) is 0 Å². The minimum atomic E-state index is -0.119. The molecule has 0 atom stereocenters. The van der Waals surface area contributed by atoms with Crippen molar-refractivity contribution < 1.29 is 0 Å². The average molecular weight is 217 g/mol. The van der Waals surface area contributed by atoms with Crippen LogP contribution in [-0.4, -0.2) is 23.7 Å². The van der Waals surface area contributed by atoms with E-state index in [0.29, 0.717) is 0 Å². The molecule has 0 unspecified atom stereocenters. The van der Waals surface area contributed by atoms with Gasteiger partial charge in [0.2, 0.25) is 0 Å². The van der Waals surface area contributed by atoms with Crippen molar-refractivity contribution in [3.63, 3.8) is 0 Å². The Morgan fingerprint density at radius 1 is 1.29 bits per heavy atom. The van der Waals surface area contributed by atoms with E-state index in [2.05, 4.69) is 17.6 Å². The second kappa shape index (κ2) is 7.01. The first kappa shape index (κ1) is 13.7. The fourth-order valence-electron chi connectivity index (χ4n) is 0.939. The zero-order chi connectivity index (χ0) is 11.0. The minimum absolute atomic E-state index is 0.119. The molecule has 4 N–H and O–H groups in total. The molecule has 0 aromatic carbocycles. The molecular formula is C10H23N3S. The third kappa shape index (κ3) is 9.74. The maximum Gasteiger partial charge on any atom is 0.166 e. The van der Waals surface area contributed by atoms with Crippen LogP contribution in [0.4, 0.5) is 0 Å². The Hall–Kier alpha value is -0.350. The molecule has 84 valence electrons. The minimum Gasteiger partial charge on any atom is -0.363 e. The zero-order valence-electron chi connectivity index (χ0n) is 9.52. The molecule has 0 saturated carbocycles. The topological polar surface area (TPSA) is 50.1 Å². The van der Waals surface area contributed by atoms with Crippen molar-refractivity contribution in [3.05, 3.63) is 0 Å². The van der Waals surface area contributed by atoms with Gasteiger partial charge >= 0.3 is 0 Å². The van der Waals surface area contributed by atoms with Gasteiger partial charge in [-0.1, -0.05) is 13.3 Å². The normalized spacial score (nSPS) is 11.1. The second-order valence-electron chi connectivity index (χ2n) is 4.27. The number of unbranched alkanes of at least 4 members (excludes halogenated alkanes) is 1. The van der Waals surface area contributed by atoms with Gasteiger partial charge in [0.05, 0.1) is 0 Å². The van der Waals surface area contributed by atoms with Gasteiger partial charge in [-0.15, -0.1) is 0 Å². The van der Waals surface area contributed by atoms with Crippen LogP contribution in [0.15, 0.2) is 0 Å². The Kier molecular flexibility index (Phi) is 6.83. The summed E-state index contributed by atoms with van der Waals surface area (Å²) < 4.78 is 0. The number of hydrogen-bond acceptors (Lipinski definition) is 2. The molecule has 0 radical (unpaired) electrons. The molecule has 0 spiro atoms. The van der Waals surface area contributed by atoms with Crippen LogP contribution in [0, 0.1) is 0 Å². The van der Waals surface area contributed by atoms with E-state index >= 15 is 0 Å². The first-order valence-electron chi connectivity index (χ1n) is 5.26. The third-order valence-electron chi connectivity index (χ3n) is 1.87. The van der Waals surface area contributed by atoms with Crippen molar-refractivity contribution in [1.82, 2.24) is 10.6 Å². The summed E-state index contributed by atoms with van der Waals surface area (Å²) >= 11 is 5.09. The largest absolute Gasteiger partial charge is 0.363 e. The molecule has 0 aliphatic carbocycles. The Balaban J connectivity index is 3.36. The molecule has 0 aliphatic rings. The maximum absolute atomic E-state index is 5.84. The van der Waals surface area contributed by atoms with Crippen LogP contribution in [-0.2, 0) is 0 Å². The predicted octanol–water partition coefficient (Wildman–Crippen LogP) is 1.38. The fraction of sp³-hybridized carbons (Fsp3) is 0.900. The van der Waals surface area contributed by atoms with Gasteiger partial charge in [-0.3, -0.25) is 0 Å². The van der Waals surface area contributed by atoms with E-state index in [4.69, 9.17) is 18.0 Å². The molecule has 0 saturated heterocycles. The molecule has 0 bridgehead atoms. The van der Waals surface area contributed by atoms with Gasteiger partial charge in [0.1, 0.15) is 0 Å². The molecule has 0 fully saturated rings. The van der Waals surface area contributed by atoms with Crippen molar-refractivity contribution >= 4 is 17.3 Å². The third-order valence-corrected chi connectivity index (χ3v) is 2.16. The summed E-state index contributed by atoms with van der Waals surface area (Å²) in [7, 11) is 0. The van der Waals surface area contributed by atoms with E-state index in [9.17, 15) is 0 Å². The highest BCUT2D eigenvalue weighted by molar-refractivity contribution is 7.80. The smallest absolute Gasteiger partial charge is 0.166 e. The van der Waals surface area contributed by atoms with Crippen LogP contribution in [0.1, 0.15) is 40.0 Å². The SMILES string of the molecule is CCCCNC(=S)NCCC(C)(C)N. The Morgan fingerprint density at radius 3 is 2.36 bits per heavy atom. The molecule has 0 aromatic rings. The lowest BCUT2D eigenvalue weighted by Crippen LogP contribution is -2.41. The quantitative estimate of drug-likeness (QED) is 0.465. The number of nitrogens with two attached hydrogens (primary N) is 1.